The smallest absolute Gasteiger partial charge is 0.192 e. The van der Waals surface area contributed by atoms with Crippen molar-refractivity contribution in [2.45, 2.75) is 162 Å². The van der Waals surface area contributed by atoms with Crippen LogP contribution in [0.15, 0.2) is 0 Å². The highest BCUT2D eigenvalue weighted by Crippen LogP contribution is 2.41. The monoisotopic (exact) mass is 554 g/mol. The number of Topliss-reactive ketones (excluding diaryl/α,β-unsaturated/α-hetero) is 1. The van der Waals surface area contributed by atoms with Crippen molar-refractivity contribution in [1.29, 1.82) is 0 Å². The van der Waals surface area contributed by atoms with Gasteiger partial charge in [0.2, 0.25) is 0 Å². The Morgan fingerprint density at radius 3 is 1.64 bits per heavy atom. The van der Waals surface area contributed by atoms with Crippen molar-refractivity contribution in [3.05, 3.63) is 0 Å². The molecule has 0 bridgehead atoms. The molecule has 0 unspecified atom stereocenters. The van der Waals surface area contributed by atoms with Gasteiger partial charge in [0.15, 0.2) is 16.6 Å². The first-order valence-corrected chi connectivity index (χ1v) is 22.4. The molecular formula is C30H62O3Si3. The van der Waals surface area contributed by atoms with Crippen LogP contribution in [0.25, 0.3) is 0 Å². The van der Waals surface area contributed by atoms with Crippen LogP contribution in [0.5, 0.6) is 0 Å². The summed E-state index contributed by atoms with van der Waals surface area (Å²) >= 11 is 0. The maximum absolute atomic E-state index is 13.4. The van der Waals surface area contributed by atoms with E-state index in [1.54, 1.807) is 0 Å². The highest BCUT2D eigenvalue weighted by Gasteiger charge is 2.42. The fraction of sp³-hybridized carbons (Fsp3) is 0.900. The van der Waals surface area contributed by atoms with Crippen LogP contribution in [0.1, 0.15) is 103 Å². The van der Waals surface area contributed by atoms with Gasteiger partial charge in [-0.2, -0.15) is 0 Å². The van der Waals surface area contributed by atoms with Crippen molar-refractivity contribution in [3.8, 4) is 11.5 Å². The molecule has 0 aromatic rings. The predicted octanol–water partition coefficient (Wildman–Crippen LogP) is 9.61. The number of carbonyl (C=O) groups is 1. The van der Waals surface area contributed by atoms with E-state index in [9.17, 15) is 4.79 Å². The molecular weight excluding hydrogens is 493 g/mol. The lowest BCUT2D eigenvalue weighted by Crippen LogP contribution is -2.44. The van der Waals surface area contributed by atoms with Gasteiger partial charge in [-0.15, -0.1) is 11.5 Å². The number of rotatable bonds is 15. The maximum Gasteiger partial charge on any atom is 0.192 e. The average Bonchev–Trinajstić information content (AvgIpc) is 2.76. The molecule has 0 radical (unpaired) electrons. The predicted molar refractivity (Wildman–Crippen MR) is 167 cm³/mol. The molecule has 212 valence electrons. The van der Waals surface area contributed by atoms with Crippen LogP contribution in [0.3, 0.4) is 0 Å². The molecule has 0 fully saturated rings. The first-order valence-electron chi connectivity index (χ1n) is 14.7. The van der Waals surface area contributed by atoms with E-state index < -0.39 is 24.7 Å². The number of hydrogen-bond acceptors (Lipinski definition) is 3. The van der Waals surface area contributed by atoms with Gasteiger partial charge in [0, 0.05) is 25.4 Å². The molecule has 36 heavy (non-hydrogen) atoms. The first-order chi connectivity index (χ1) is 16.4. The molecule has 0 saturated carbocycles. The second-order valence-electron chi connectivity index (χ2n) is 13.5. The fourth-order valence-corrected chi connectivity index (χ4v) is 14.6. The number of ketones is 1. The largest absolute Gasteiger partial charge is 0.416 e. The zero-order valence-electron chi connectivity index (χ0n) is 26.9. The normalized spacial score (nSPS) is 15.3. The Morgan fingerprint density at radius 2 is 1.28 bits per heavy atom. The Balaban J connectivity index is 5.86. The fourth-order valence-electron chi connectivity index (χ4n) is 5.33. The molecule has 0 N–H and O–H groups in total. The second kappa shape index (κ2) is 14.8. The quantitative estimate of drug-likeness (QED) is 0.149. The molecule has 0 saturated heterocycles. The van der Waals surface area contributed by atoms with Crippen molar-refractivity contribution in [2.75, 3.05) is 6.61 Å². The summed E-state index contributed by atoms with van der Waals surface area (Å²) in [7, 11) is -5.52. The van der Waals surface area contributed by atoms with Gasteiger partial charge in [-0.05, 0) is 52.9 Å². The zero-order chi connectivity index (χ0) is 28.5. The van der Waals surface area contributed by atoms with E-state index in [0.29, 0.717) is 36.1 Å². The Labute approximate surface area is 229 Å². The SMILES string of the molecule is CC[Si](CC)(CC)O[C@H](CC#C[Si](C(C)C)(C(C)C)C(C)C)CC(=O)[C@@H](C)CO[Si](C)(C)C(C)(C)C. The number of carbonyl (C=O) groups excluding carboxylic acids is 1. The highest BCUT2D eigenvalue weighted by atomic mass is 28.4. The molecule has 0 amide bonds. The van der Waals surface area contributed by atoms with Crippen LogP contribution < -0.4 is 0 Å². The van der Waals surface area contributed by atoms with Gasteiger partial charge in [0.05, 0.1) is 6.10 Å². The van der Waals surface area contributed by atoms with Crippen molar-refractivity contribution in [3.63, 3.8) is 0 Å². The van der Waals surface area contributed by atoms with E-state index >= 15 is 0 Å². The lowest BCUT2D eigenvalue weighted by atomic mass is 10.0. The summed E-state index contributed by atoms with van der Waals surface area (Å²) in [6.45, 7) is 34.7. The molecule has 6 heteroatoms. The van der Waals surface area contributed by atoms with Gasteiger partial charge in [-0.3, -0.25) is 4.79 Å². The zero-order valence-corrected chi connectivity index (χ0v) is 29.9. The molecule has 0 aliphatic heterocycles. The number of hydrogen-bond donors (Lipinski definition) is 0. The van der Waals surface area contributed by atoms with Crippen LogP contribution in [-0.2, 0) is 13.6 Å². The van der Waals surface area contributed by atoms with Gasteiger partial charge < -0.3 is 8.85 Å². The van der Waals surface area contributed by atoms with Crippen LogP contribution in [-0.4, -0.2) is 43.2 Å². The third-order valence-electron chi connectivity index (χ3n) is 9.33. The average molecular weight is 555 g/mol. The lowest BCUT2D eigenvalue weighted by molar-refractivity contribution is -0.124. The molecule has 0 aromatic heterocycles. The topological polar surface area (TPSA) is 35.5 Å². The summed E-state index contributed by atoms with van der Waals surface area (Å²) in [6, 6.07) is 3.26. The van der Waals surface area contributed by atoms with Gasteiger partial charge in [0.25, 0.3) is 0 Å². The van der Waals surface area contributed by atoms with Crippen LogP contribution in [0.4, 0.5) is 0 Å². The minimum absolute atomic E-state index is 0.106. The van der Waals surface area contributed by atoms with Crippen LogP contribution in [0.2, 0.25) is 52.9 Å². The van der Waals surface area contributed by atoms with Crippen molar-refractivity contribution in [2.24, 2.45) is 5.92 Å². The molecule has 0 spiro atoms. The lowest BCUT2D eigenvalue weighted by Gasteiger charge is -2.38. The first kappa shape index (κ1) is 35.8. The molecule has 0 aliphatic rings. The minimum atomic E-state index is -1.88. The van der Waals surface area contributed by atoms with Crippen molar-refractivity contribution in [1.82, 2.24) is 0 Å². The Morgan fingerprint density at radius 1 is 0.833 bits per heavy atom. The van der Waals surface area contributed by atoms with Crippen LogP contribution in [0, 0.1) is 17.4 Å². The van der Waals surface area contributed by atoms with E-state index in [4.69, 9.17) is 8.85 Å². The van der Waals surface area contributed by atoms with Gasteiger partial charge in [-0.25, -0.2) is 0 Å². The molecule has 0 heterocycles. The summed E-state index contributed by atoms with van der Waals surface area (Å²) in [5, 5.41) is 0.144. The summed E-state index contributed by atoms with van der Waals surface area (Å²) < 4.78 is 13.3. The maximum atomic E-state index is 13.4. The van der Waals surface area contributed by atoms with Gasteiger partial charge in [-0.1, -0.05) is 90.0 Å². The molecule has 0 rings (SSSR count). The third-order valence-corrected chi connectivity index (χ3v) is 24.9. The van der Waals surface area contributed by atoms with E-state index in [1.165, 1.54) is 0 Å². The van der Waals surface area contributed by atoms with E-state index in [1.807, 2.05) is 6.92 Å². The summed E-state index contributed by atoms with van der Waals surface area (Å²) in [5.41, 5.74) is 5.68. The summed E-state index contributed by atoms with van der Waals surface area (Å²) in [4.78, 5) is 13.4. The third kappa shape index (κ3) is 9.52. The Bertz CT molecular complexity index is 692. The molecule has 0 aliphatic carbocycles. The molecule has 0 aromatic carbocycles. The summed E-state index contributed by atoms with van der Waals surface area (Å²) in [5.74, 6) is 3.76. The van der Waals surface area contributed by atoms with Crippen molar-refractivity contribution >= 4 is 30.5 Å². The standard InChI is InChI=1S/C30H62O3Si3/c1-16-35(17-2,18-3)33-28(20-19-21-36(24(4)5,25(6)7)26(8)9)22-29(31)27(10)23-32-34(14,15)30(11,12)13/h24-28H,16-18,20,22-23H2,1-15H3/t27-,28+/m0/s1. The Kier molecular flexibility index (Phi) is 14.7. The van der Waals surface area contributed by atoms with Crippen LogP contribution >= 0.6 is 0 Å². The molecule has 3 nitrogen and oxygen atoms in total. The second-order valence-corrected chi connectivity index (χ2v) is 28.6. The Hall–Kier alpha value is -0.199. The van der Waals surface area contributed by atoms with E-state index in [0.717, 1.165) is 18.1 Å². The minimum Gasteiger partial charge on any atom is -0.416 e. The molecule has 2 atom stereocenters. The van der Waals surface area contributed by atoms with Gasteiger partial charge in [0.1, 0.15) is 13.9 Å². The van der Waals surface area contributed by atoms with E-state index in [2.05, 4.69) is 108 Å². The van der Waals surface area contributed by atoms with Crippen molar-refractivity contribution < 1.29 is 13.6 Å². The van der Waals surface area contributed by atoms with E-state index in [-0.39, 0.29) is 22.8 Å². The van der Waals surface area contributed by atoms with Gasteiger partial charge >= 0.3 is 0 Å². The summed E-state index contributed by atoms with van der Waals surface area (Å²) in [6.07, 6.45) is 1.01. The highest BCUT2D eigenvalue weighted by molar-refractivity contribution is 6.90.